The summed E-state index contributed by atoms with van der Waals surface area (Å²) in [4.78, 5) is 45.0. The van der Waals surface area contributed by atoms with Crippen LogP contribution >= 0.6 is 0 Å². The summed E-state index contributed by atoms with van der Waals surface area (Å²) >= 11 is 0. The van der Waals surface area contributed by atoms with E-state index in [9.17, 15) is 14.4 Å². The molecule has 1 aromatic heterocycles. The Morgan fingerprint density at radius 2 is 1.44 bits per heavy atom. The summed E-state index contributed by atoms with van der Waals surface area (Å²) in [7, 11) is 1.28. The van der Waals surface area contributed by atoms with Crippen LogP contribution in [0.25, 0.3) is 11.1 Å². The van der Waals surface area contributed by atoms with Crippen molar-refractivity contribution in [3.63, 3.8) is 0 Å². The van der Waals surface area contributed by atoms with Crippen LogP contribution in [-0.2, 0) is 31.0 Å². The molecule has 9 heteroatoms. The highest BCUT2D eigenvalue weighted by Crippen LogP contribution is 2.58. The highest BCUT2D eigenvalue weighted by Gasteiger charge is 2.68. The topological polar surface area (TPSA) is 98.5 Å². The molecule has 1 aliphatic carbocycles. The number of nitrogens with zero attached hydrogens (tertiary/aromatic N) is 2. The number of esters is 1. The molecule has 0 saturated carbocycles. The Labute approximate surface area is 277 Å². The second-order valence-electron chi connectivity index (χ2n) is 12.2. The molecule has 1 saturated heterocycles. The maximum Gasteiger partial charge on any atom is 0.416 e. The lowest BCUT2D eigenvalue weighted by atomic mass is 9.76. The number of ether oxygens (including phenoxy) is 3. The number of carbonyl (C=O) groups is 3. The first-order valence-electron chi connectivity index (χ1n) is 15.9. The number of fused-ring (bicyclic) bond motifs is 6. The molecule has 48 heavy (non-hydrogen) atoms. The second kappa shape index (κ2) is 11.8. The Balaban J connectivity index is 1.19. The van der Waals surface area contributed by atoms with Crippen molar-refractivity contribution in [2.24, 2.45) is 0 Å². The molecule has 0 N–H and O–H groups in total. The first-order chi connectivity index (χ1) is 23.5. The fraction of sp³-hybridized carbons (Fsp3) is 0.205. The van der Waals surface area contributed by atoms with Gasteiger partial charge < -0.3 is 18.6 Å². The summed E-state index contributed by atoms with van der Waals surface area (Å²) in [6, 6.07) is 35.4. The van der Waals surface area contributed by atoms with Crippen molar-refractivity contribution >= 4 is 23.8 Å². The number of hydrogen-bond donors (Lipinski definition) is 0. The number of amides is 2. The quantitative estimate of drug-likeness (QED) is 0.143. The van der Waals surface area contributed by atoms with Gasteiger partial charge in [-0.2, -0.15) is 0 Å². The van der Waals surface area contributed by atoms with Gasteiger partial charge in [0.15, 0.2) is 0 Å². The molecule has 0 radical (unpaired) electrons. The smallest absolute Gasteiger partial charge is 0.416 e. The number of hydrogen-bond acceptors (Lipinski definition) is 7. The highest BCUT2D eigenvalue weighted by molar-refractivity contribution is 5.96. The van der Waals surface area contributed by atoms with Crippen LogP contribution in [0.4, 0.5) is 15.3 Å². The van der Waals surface area contributed by atoms with Crippen LogP contribution in [0.5, 0.6) is 0 Å². The van der Waals surface area contributed by atoms with E-state index >= 15 is 0 Å². The Morgan fingerprint density at radius 1 is 0.771 bits per heavy atom. The van der Waals surface area contributed by atoms with Crippen molar-refractivity contribution in [2.75, 3.05) is 18.6 Å². The van der Waals surface area contributed by atoms with Gasteiger partial charge >= 0.3 is 18.2 Å². The summed E-state index contributed by atoms with van der Waals surface area (Å²) < 4.78 is 23.3. The summed E-state index contributed by atoms with van der Waals surface area (Å²) in [5.41, 5.74) is 5.28. The Kier molecular flexibility index (Phi) is 7.24. The minimum atomic E-state index is -1.11. The lowest BCUT2D eigenvalue weighted by molar-refractivity contribution is -0.145. The summed E-state index contributed by atoms with van der Waals surface area (Å²) in [6.07, 6.45) is -0.833. The van der Waals surface area contributed by atoms with Gasteiger partial charge in [-0.15, -0.1) is 0 Å². The zero-order valence-corrected chi connectivity index (χ0v) is 26.2. The molecule has 3 atom stereocenters. The Morgan fingerprint density at radius 3 is 2.12 bits per heavy atom. The first kappa shape index (κ1) is 29.6. The second-order valence-corrected chi connectivity index (χ2v) is 12.2. The van der Waals surface area contributed by atoms with Gasteiger partial charge in [-0.3, -0.25) is 9.80 Å². The standard InChI is InChI=1S/C39H32N2O7/c1-45-35(42)33-22-39(34-20-11-21-46-34)31-18-9-10-19-32(31)40(37(43)47-23-25-12-3-2-4-13-25)36(39)41(33)38(44)48-24-30-28-16-7-5-14-26(28)27-15-6-8-17-29(27)30/h2-21,30,33,36H,22-24H2,1H3/t33-,36-,39-/m0/s1. The van der Waals surface area contributed by atoms with E-state index in [1.165, 1.54) is 16.9 Å². The van der Waals surface area contributed by atoms with E-state index in [1.54, 1.807) is 18.4 Å². The molecular weight excluding hydrogens is 608 g/mol. The molecule has 0 bridgehead atoms. The van der Waals surface area contributed by atoms with E-state index < -0.39 is 35.8 Å². The van der Waals surface area contributed by atoms with E-state index in [1.807, 2.05) is 91.0 Å². The molecule has 4 aromatic carbocycles. The minimum absolute atomic E-state index is 0.0180. The minimum Gasteiger partial charge on any atom is -0.468 e. The number of para-hydroxylation sites is 1. The van der Waals surface area contributed by atoms with E-state index in [0.29, 0.717) is 11.4 Å². The van der Waals surface area contributed by atoms with Crippen LogP contribution in [-0.4, -0.2) is 49.0 Å². The van der Waals surface area contributed by atoms with Crippen molar-refractivity contribution in [1.82, 2.24) is 4.90 Å². The normalized spacial score (nSPS) is 20.4. The van der Waals surface area contributed by atoms with E-state index in [0.717, 1.165) is 33.4 Å². The number of furan rings is 1. The van der Waals surface area contributed by atoms with Gasteiger partial charge in [-0.05, 0) is 58.0 Å². The molecule has 0 spiro atoms. The fourth-order valence-corrected chi connectivity index (χ4v) is 7.81. The monoisotopic (exact) mass is 640 g/mol. The first-order valence-corrected chi connectivity index (χ1v) is 15.9. The maximum absolute atomic E-state index is 14.5. The summed E-state index contributed by atoms with van der Waals surface area (Å²) in [6.45, 7) is 0.0489. The summed E-state index contributed by atoms with van der Waals surface area (Å²) in [5, 5.41) is 0. The predicted molar refractivity (Wildman–Crippen MR) is 176 cm³/mol. The highest BCUT2D eigenvalue weighted by atomic mass is 16.6. The maximum atomic E-state index is 14.5. The average molecular weight is 641 g/mol. The van der Waals surface area contributed by atoms with E-state index in [2.05, 4.69) is 12.1 Å². The Hall–Kier alpha value is -5.83. The zero-order valence-electron chi connectivity index (χ0n) is 26.2. The molecule has 2 aliphatic heterocycles. The molecule has 5 aromatic rings. The van der Waals surface area contributed by atoms with Crippen molar-refractivity contribution in [1.29, 1.82) is 0 Å². The van der Waals surface area contributed by atoms with Gasteiger partial charge in [-0.1, -0.05) is 97.1 Å². The number of likely N-dealkylation sites (tertiary alicyclic amines) is 1. The van der Waals surface area contributed by atoms with Gasteiger partial charge in [0.1, 0.15) is 31.2 Å². The third-order valence-electron chi connectivity index (χ3n) is 9.83. The average Bonchev–Trinajstić information content (AvgIpc) is 3.91. The fourth-order valence-electron chi connectivity index (χ4n) is 7.81. The van der Waals surface area contributed by atoms with Crippen LogP contribution in [0.1, 0.15) is 40.4 Å². The van der Waals surface area contributed by atoms with Gasteiger partial charge in [0.2, 0.25) is 0 Å². The molecule has 1 fully saturated rings. The van der Waals surface area contributed by atoms with Crippen molar-refractivity contribution < 1.29 is 33.0 Å². The van der Waals surface area contributed by atoms with Crippen molar-refractivity contribution in [2.45, 2.75) is 36.6 Å². The predicted octanol–water partition coefficient (Wildman–Crippen LogP) is 7.25. The lowest BCUT2D eigenvalue weighted by Crippen LogP contribution is -2.56. The molecule has 8 rings (SSSR count). The van der Waals surface area contributed by atoms with Crippen LogP contribution < -0.4 is 4.90 Å². The van der Waals surface area contributed by atoms with E-state index in [-0.39, 0.29) is 25.6 Å². The number of rotatable bonds is 6. The molecule has 2 amide bonds. The van der Waals surface area contributed by atoms with Crippen molar-refractivity contribution in [3.05, 3.63) is 150 Å². The van der Waals surface area contributed by atoms with Crippen LogP contribution in [0, 0.1) is 0 Å². The molecule has 9 nitrogen and oxygen atoms in total. The molecular formula is C39H32N2O7. The van der Waals surface area contributed by atoms with Gasteiger partial charge in [0, 0.05) is 5.92 Å². The zero-order chi connectivity index (χ0) is 32.8. The Bertz CT molecular complexity index is 1960. The van der Waals surface area contributed by atoms with Gasteiger partial charge in [-0.25, -0.2) is 14.4 Å². The number of anilines is 1. The van der Waals surface area contributed by atoms with Gasteiger partial charge in [0.25, 0.3) is 0 Å². The SMILES string of the molecule is COC(=O)[C@@H]1C[C@@]2(c3ccco3)c3ccccc3N(C(=O)OCc3ccccc3)[C@H]2N1C(=O)OCC1c2ccccc2-c2ccccc21. The molecule has 240 valence electrons. The largest absolute Gasteiger partial charge is 0.468 e. The third-order valence-corrected chi connectivity index (χ3v) is 9.83. The number of methoxy groups -OCH3 is 1. The van der Waals surface area contributed by atoms with E-state index in [4.69, 9.17) is 18.6 Å². The third kappa shape index (κ3) is 4.49. The lowest BCUT2D eigenvalue weighted by Gasteiger charge is -2.36. The van der Waals surface area contributed by atoms with Crippen LogP contribution in [0.2, 0.25) is 0 Å². The van der Waals surface area contributed by atoms with Crippen LogP contribution in [0.15, 0.2) is 126 Å². The molecule has 3 aliphatic rings. The van der Waals surface area contributed by atoms with Crippen molar-refractivity contribution in [3.8, 4) is 11.1 Å². The molecule has 0 unspecified atom stereocenters. The summed E-state index contributed by atoms with van der Waals surface area (Å²) in [5.74, 6) is -0.330. The molecule has 3 heterocycles. The van der Waals surface area contributed by atoms with Crippen LogP contribution in [0.3, 0.4) is 0 Å². The number of benzene rings is 4. The number of carbonyl (C=O) groups excluding carboxylic acids is 3. The van der Waals surface area contributed by atoms with Gasteiger partial charge in [0.05, 0.1) is 24.5 Å².